The number of nitrogens with zero attached hydrogens (tertiary/aromatic N) is 2. The smallest absolute Gasteiger partial charge is 0.292 e. The van der Waals surface area contributed by atoms with Gasteiger partial charge in [0.25, 0.3) is 11.4 Å². The highest BCUT2D eigenvalue weighted by Gasteiger charge is 2.11. The van der Waals surface area contributed by atoms with Crippen molar-refractivity contribution < 1.29 is 14.6 Å². The second-order valence-electron chi connectivity index (χ2n) is 5.15. The monoisotopic (exact) mass is 344 g/mol. The van der Waals surface area contributed by atoms with Crippen LogP contribution in [0.2, 0.25) is 0 Å². The van der Waals surface area contributed by atoms with Gasteiger partial charge in [-0.15, -0.1) is 0 Å². The lowest BCUT2D eigenvalue weighted by Gasteiger charge is -2.08. The van der Waals surface area contributed by atoms with E-state index in [1.54, 1.807) is 18.2 Å². The van der Waals surface area contributed by atoms with Crippen molar-refractivity contribution in [1.82, 2.24) is 5.32 Å². The van der Waals surface area contributed by atoms with E-state index in [4.69, 9.17) is 0 Å². The predicted molar refractivity (Wildman–Crippen MR) is 91.4 cm³/mol. The molecule has 0 aromatic heterocycles. The molecule has 0 aliphatic heterocycles. The fourth-order valence-electron chi connectivity index (χ4n) is 2.16. The minimum atomic E-state index is -0.502. The lowest BCUT2D eigenvalue weighted by Crippen LogP contribution is -2.30. The van der Waals surface area contributed by atoms with Crippen molar-refractivity contribution in [2.75, 3.05) is 18.4 Å². The summed E-state index contributed by atoms with van der Waals surface area (Å²) in [6.07, 6.45) is 0.101. The minimum Gasteiger partial charge on any atom is -0.378 e. The van der Waals surface area contributed by atoms with Crippen LogP contribution in [0, 0.1) is 20.2 Å². The topological polar surface area (TPSA) is 127 Å². The molecule has 2 aromatic rings. The Morgan fingerprint density at radius 2 is 1.60 bits per heavy atom. The molecule has 1 amide bonds. The third-order valence-electron chi connectivity index (χ3n) is 3.38. The lowest BCUT2D eigenvalue weighted by molar-refractivity contribution is -0.384. The minimum absolute atomic E-state index is 0.0280. The number of rotatable bonds is 8. The Hall–Kier alpha value is -3.49. The Balaban J connectivity index is 1.77. The van der Waals surface area contributed by atoms with Crippen molar-refractivity contribution in [3.05, 3.63) is 74.3 Å². The first kappa shape index (κ1) is 17.9. The van der Waals surface area contributed by atoms with E-state index in [1.165, 1.54) is 30.3 Å². The fourth-order valence-corrected chi connectivity index (χ4v) is 2.16. The molecule has 2 rings (SSSR count). The van der Waals surface area contributed by atoms with Crippen molar-refractivity contribution in [1.29, 1.82) is 0 Å². The molecular formula is C16H16N4O5. The zero-order chi connectivity index (χ0) is 18.2. The second kappa shape index (κ2) is 8.39. The molecule has 0 radical (unpaired) electrons. The highest BCUT2D eigenvalue weighted by molar-refractivity contribution is 5.78. The molecule has 0 heterocycles. The quantitative estimate of drug-likeness (QED) is 0.429. The van der Waals surface area contributed by atoms with Gasteiger partial charge in [0.1, 0.15) is 5.69 Å². The molecule has 0 saturated carbocycles. The Labute approximate surface area is 143 Å². The van der Waals surface area contributed by atoms with Gasteiger partial charge in [-0.1, -0.05) is 24.3 Å². The highest BCUT2D eigenvalue weighted by Crippen LogP contribution is 2.22. The van der Waals surface area contributed by atoms with Crippen LogP contribution >= 0.6 is 0 Å². The first-order valence-corrected chi connectivity index (χ1v) is 7.44. The Morgan fingerprint density at radius 1 is 0.920 bits per heavy atom. The summed E-state index contributed by atoms with van der Waals surface area (Å²) in [7, 11) is 0. The number of amides is 1. The van der Waals surface area contributed by atoms with E-state index in [0.29, 0.717) is 17.8 Å². The number of benzene rings is 2. The van der Waals surface area contributed by atoms with Gasteiger partial charge in [0, 0.05) is 31.3 Å². The second-order valence-corrected chi connectivity index (χ2v) is 5.15. The molecule has 0 spiro atoms. The molecule has 0 atom stereocenters. The number of hydrogen-bond acceptors (Lipinski definition) is 6. The van der Waals surface area contributed by atoms with Crippen molar-refractivity contribution in [3.8, 4) is 0 Å². The lowest BCUT2D eigenvalue weighted by atomic mass is 10.1. The standard InChI is InChI=1S/C16H16N4O5/c21-16(11-12-5-7-13(8-6-12)19(22)23)18-10-9-17-14-3-1-2-4-15(14)20(24)25/h1-8,17H,9-11H2,(H,18,21). The molecule has 2 aromatic carbocycles. The SMILES string of the molecule is O=C(Cc1ccc([N+](=O)[O-])cc1)NCCNc1ccccc1[N+](=O)[O-]. The van der Waals surface area contributed by atoms with Crippen LogP contribution < -0.4 is 10.6 Å². The summed E-state index contributed by atoms with van der Waals surface area (Å²) in [5.41, 5.74) is 0.990. The van der Waals surface area contributed by atoms with E-state index in [9.17, 15) is 25.0 Å². The van der Waals surface area contributed by atoms with Crippen LogP contribution in [0.1, 0.15) is 5.56 Å². The van der Waals surface area contributed by atoms with Crippen LogP contribution in [0.3, 0.4) is 0 Å². The van der Waals surface area contributed by atoms with Gasteiger partial charge in [0.15, 0.2) is 0 Å². The molecule has 9 nitrogen and oxygen atoms in total. The van der Waals surface area contributed by atoms with Crippen LogP contribution in [-0.2, 0) is 11.2 Å². The number of anilines is 1. The van der Waals surface area contributed by atoms with Gasteiger partial charge >= 0.3 is 0 Å². The van der Waals surface area contributed by atoms with Crippen LogP contribution in [0.15, 0.2) is 48.5 Å². The third kappa shape index (κ3) is 5.27. The van der Waals surface area contributed by atoms with Gasteiger partial charge in [-0.05, 0) is 11.6 Å². The molecule has 9 heteroatoms. The van der Waals surface area contributed by atoms with Crippen molar-refractivity contribution in [3.63, 3.8) is 0 Å². The summed E-state index contributed by atoms with van der Waals surface area (Å²) in [4.78, 5) is 32.3. The number of non-ortho nitro benzene ring substituents is 1. The number of nitrogens with one attached hydrogen (secondary N) is 2. The normalized spacial score (nSPS) is 10.1. The number of nitro groups is 2. The highest BCUT2D eigenvalue weighted by atomic mass is 16.6. The van der Waals surface area contributed by atoms with Crippen LogP contribution in [0.25, 0.3) is 0 Å². The number of carbonyl (C=O) groups is 1. The summed E-state index contributed by atoms with van der Waals surface area (Å²) >= 11 is 0. The zero-order valence-corrected chi connectivity index (χ0v) is 13.2. The molecule has 0 bridgehead atoms. The van der Waals surface area contributed by atoms with Crippen molar-refractivity contribution >= 4 is 23.0 Å². The molecule has 0 aliphatic rings. The Morgan fingerprint density at radius 3 is 2.24 bits per heavy atom. The van der Waals surface area contributed by atoms with Gasteiger partial charge in [-0.2, -0.15) is 0 Å². The van der Waals surface area contributed by atoms with Crippen molar-refractivity contribution in [2.24, 2.45) is 0 Å². The summed E-state index contributed by atoms with van der Waals surface area (Å²) in [5.74, 6) is -0.238. The third-order valence-corrected chi connectivity index (χ3v) is 3.38. The summed E-state index contributed by atoms with van der Waals surface area (Å²) < 4.78 is 0. The molecule has 130 valence electrons. The van der Waals surface area contributed by atoms with Gasteiger partial charge in [0.2, 0.25) is 5.91 Å². The molecule has 0 aliphatic carbocycles. The van der Waals surface area contributed by atoms with E-state index < -0.39 is 9.85 Å². The van der Waals surface area contributed by atoms with Gasteiger partial charge in [-0.25, -0.2) is 0 Å². The average molecular weight is 344 g/mol. The van der Waals surface area contributed by atoms with Gasteiger partial charge < -0.3 is 10.6 Å². The number of para-hydroxylation sites is 2. The fraction of sp³-hybridized carbons (Fsp3) is 0.188. The van der Waals surface area contributed by atoms with E-state index in [1.807, 2.05) is 0 Å². The molecule has 2 N–H and O–H groups in total. The van der Waals surface area contributed by atoms with Crippen LogP contribution in [-0.4, -0.2) is 28.8 Å². The first-order valence-electron chi connectivity index (χ1n) is 7.44. The maximum Gasteiger partial charge on any atom is 0.292 e. The van der Waals surface area contributed by atoms with E-state index >= 15 is 0 Å². The average Bonchev–Trinajstić information content (AvgIpc) is 2.59. The van der Waals surface area contributed by atoms with Gasteiger partial charge in [-0.3, -0.25) is 25.0 Å². The maximum absolute atomic E-state index is 11.8. The molecule has 0 saturated heterocycles. The molecule has 0 unspecified atom stereocenters. The first-order chi connectivity index (χ1) is 12.0. The Bertz CT molecular complexity index is 776. The molecule has 0 fully saturated rings. The number of nitro benzene ring substituents is 2. The molecule has 25 heavy (non-hydrogen) atoms. The van der Waals surface area contributed by atoms with E-state index in [0.717, 1.165) is 0 Å². The Kier molecular flexibility index (Phi) is 5.99. The summed E-state index contributed by atoms with van der Waals surface area (Å²) in [6.45, 7) is 0.620. The summed E-state index contributed by atoms with van der Waals surface area (Å²) in [6, 6.07) is 12.0. The zero-order valence-electron chi connectivity index (χ0n) is 13.2. The maximum atomic E-state index is 11.8. The van der Waals surface area contributed by atoms with E-state index in [2.05, 4.69) is 10.6 Å². The number of hydrogen-bond donors (Lipinski definition) is 2. The van der Waals surface area contributed by atoms with Crippen molar-refractivity contribution in [2.45, 2.75) is 6.42 Å². The summed E-state index contributed by atoms with van der Waals surface area (Å²) in [5, 5.41) is 27.0. The van der Waals surface area contributed by atoms with Gasteiger partial charge in [0.05, 0.1) is 16.3 Å². The van der Waals surface area contributed by atoms with Crippen LogP contribution in [0.5, 0.6) is 0 Å². The van der Waals surface area contributed by atoms with Crippen LogP contribution in [0.4, 0.5) is 17.1 Å². The number of carbonyl (C=O) groups excluding carboxylic acids is 1. The predicted octanol–water partition coefficient (Wildman–Crippen LogP) is 2.27. The van der Waals surface area contributed by atoms with E-state index in [-0.39, 0.29) is 30.2 Å². The molecular weight excluding hydrogens is 328 g/mol. The largest absolute Gasteiger partial charge is 0.378 e.